The number of non-ortho nitro benzene ring substituents is 1. The molecule has 0 aliphatic carbocycles. The molecule has 0 atom stereocenters. The topological polar surface area (TPSA) is 116 Å². The van der Waals surface area contributed by atoms with Crippen molar-refractivity contribution in [3.8, 4) is 11.3 Å². The third-order valence-corrected chi connectivity index (χ3v) is 4.80. The number of carbonyl (C=O) groups excluding carboxylic acids is 1. The van der Waals surface area contributed by atoms with E-state index in [0.29, 0.717) is 27.1 Å². The molecule has 3 aromatic rings. The molecule has 9 heteroatoms. The van der Waals surface area contributed by atoms with Crippen molar-refractivity contribution in [3.63, 3.8) is 0 Å². The van der Waals surface area contributed by atoms with Gasteiger partial charge in [0.25, 0.3) is 11.4 Å². The first-order valence-electron chi connectivity index (χ1n) is 8.28. The van der Waals surface area contributed by atoms with E-state index in [9.17, 15) is 25.0 Å². The number of ketones is 1. The van der Waals surface area contributed by atoms with Crippen molar-refractivity contribution in [1.29, 1.82) is 0 Å². The molecule has 146 valence electrons. The number of halogens is 1. The Balaban J connectivity index is 1.81. The minimum absolute atomic E-state index is 0.0508. The van der Waals surface area contributed by atoms with Gasteiger partial charge in [0.05, 0.1) is 9.85 Å². The number of nitro groups is 2. The van der Waals surface area contributed by atoms with Crippen molar-refractivity contribution in [3.05, 3.63) is 96.2 Å². The average molecular weight is 457 g/mol. The first-order valence-corrected chi connectivity index (χ1v) is 9.07. The van der Waals surface area contributed by atoms with Crippen molar-refractivity contribution < 1.29 is 19.1 Å². The predicted molar refractivity (Wildman–Crippen MR) is 110 cm³/mol. The van der Waals surface area contributed by atoms with Crippen LogP contribution in [0.1, 0.15) is 21.7 Å². The van der Waals surface area contributed by atoms with Gasteiger partial charge in [-0.15, -0.1) is 0 Å². The molecule has 0 radical (unpaired) electrons. The van der Waals surface area contributed by atoms with Gasteiger partial charge in [-0.1, -0.05) is 12.1 Å². The lowest BCUT2D eigenvalue weighted by Gasteiger charge is -2.01. The predicted octanol–water partition coefficient (Wildman–Crippen LogP) is 5.73. The minimum Gasteiger partial charge on any atom is -0.457 e. The first-order chi connectivity index (χ1) is 13.8. The third kappa shape index (κ3) is 4.46. The largest absolute Gasteiger partial charge is 0.457 e. The molecule has 0 spiro atoms. The minimum atomic E-state index is -0.531. The fourth-order valence-corrected chi connectivity index (χ4v) is 3.18. The summed E-state index contributed by atoms with van der Waals surface area (Å²) in [6, 6.07) is 11.9. The highest BCUT2D eigenvalue weighted by Gasteiger charge is 2.15. The second-order valence-electron chi connectivity index (χ2n) is 6.08. The van der Waals surface area contributed by atoms with Crippen LogP contribution in [0.5, 0.6) is 0 Å². The summed E-state index contributed by atoms with van der Waals surface area (Å²) in [7, 11) is 0. The fraction of sp³-hybridized carbons (Fsp3) is 0.0500. The lowest BCUT2D eigenvalue weighted by molar-refractivity contribution is -0.385. The highest BCUT2D eigenvalue weighted by atomic mass is 79.9. The molecule has 0 amide bonds. The van der Waals surface area contributed by atoms with Crippen LogP contribution in [0, 0.1) is 27.2 Å². The van der Waals surface area contributed by atoms with Gasteiger partial charge in [-0.3, -0.25) is 25.0 Å². The Labute approximate surface area is 172 Å². The third-order valence-electron chi connectivity index (χ3n) is 4.15. The van der Waals surface area contributed by atoms with Crippen LogP contribution < -0.4 is 0 Å². The Hall–Kier alpha value is -3.59. The SMILES string of the molecule is Cc1ccc(C(=O)/C=C/c2ccc(-c3ccc([N+](=O)[O-])cc3Br)o2)cc1[N+](=O)[O-]. The number of carbonyl (C=O) groups is 1. The molecule has 29 heavy (non-hydrogen) atoms. The van der Waals surface area contributed by atoms with Crippen molar-refractivity contribution in [2.45, 2.75) is 6.92 Å². The maximum absolute atomic E-state index is 12.3. The monoisotopic (exact) mass is 456 g/mol. The molecule has 0 unspecified atom stereocenters. The number of nitro benzene ring substituents is 2. The van der Waals surface area contributed by atoms with E-state index >= 15 is 0 Å². The van der Waals surface area contributed by atoms with E-state index in [4.69, 9.17) is 4.42 Å². The van der Waals surface area contributed by atoms with Crippen LogP contribution in [-0.4, -0.2) is 15.6 Å². The van der Waals surface area contributed by atoms with Crippen molar-refractivity contribution in [2.75, 3.05) is 0 Å². The molecule has 0 fully saturated rings. The van der Waals surface area contributed by atoms with Crippen LogP contribution in [0.4, 0.5) is 11.4 Å². The van der Waals surface area contributed by atoms with Gasteiger partial charge in [-0.25, -0.2) is 0 Å². The quantitative estimate of drug-likeness (QED) is 0.202. The summed E-state index contributed by atoms with van der Waals surface area (Å²) in [6.07, 6.45) is 2.72. The second-order valence-corrected chi connectivity index (χ2v) is 6.93. The zero-order valence-electron chi connectivity index (χ0n) is 15.0. The highest BCUT2D eigenvalue weighted by Crippen LogP contribution is 2.32. The average Bonchev–Trinajstić information content (AvgIpc) is 3.14. The van der Waals surface area contributed by atoms with Crippen LogP contribution in [0.25, 0.3) is 17.4 Å². The van der Waals surface area contributed by atoms with Gasteiger partial charge >= 0.3 is 0 Å². The van der Waals surface area contributed by atoms with Gasteiger partial charge in [-0.05, 0) is 53.2 Å². The van der Waals surface area contributed by atoms with E-state index in [0.717, 1.165) is 0 Å². The van der Waals surface area contributed by atoms with Crippen LogP contribution in [-0.2, 0) is 0 Å². The molecule has 0 saturated carbocycles. The number of hydrogen-bond donors (Lipinski definition) is 0. The maximum atomic E-state index is 12.3. The smallest absolute Gasteiger partial charge is 0.273 e. The second kappa shape index (κ2) is 8.19. The van der Waals surface area contributed by atoms with Gasteiger partial charge in [-0.2, -0.15) is 0 Å². The fourth-order valence-electron chi connectivity index (χ4n) is 2.62. The Morgan fingerprint density at radius 1 is 1.03 bits per heavy atom. The summed E-state index contributed by atoms with van der Waals surface area (Å²) in [5, 5.41) is 21.9. The summed E-state index contributed by atoms with van der Waals surface area (Å²) in [5.74, 6) is 0.452. The first kappa shape index (κ1) is 20.2. The molecule has 0 saturated heterocycles. The molecular formula is C20H13BrN2O6. The summed E-state index contributed by atoms with van der Waals surface area (Å²) >= 11 is 3.29. The zero-order valence-corrected chi connectivity index (χ0v) is 16.6. The Morgan fingerprint density at radius 3 is 2.45 bits per heavy atom. The molecule has 1 heterocycles. The zero-order chi connectivity index (χ0) is 21.1. The van der Waals surface area contributed by atoms with Crippen LogP contribution >= 0.6 is 15.9 Å². The van der Waals surface area contributed by atoms with E-state index in [2.05, 4.69) is 15.9 Å². The molecule has 1 aromatic heterocycles. The number of allylic oxidation sites excluding steroid dienone is 1. The number of hydrogen-bond acceptors (Lipinski definition) is 6. The number of aryl methyl sites for hydroxylation is 1. The highest BCUT2D eigenvalue weighted by molar-refractivity contribution is 9.10. The van der Waals surface area contributed by atoms with Gasteiger partial charge in [0.2, 0.25) is 0 Å². The Morgan fingerprint density at radius 2 is 1.79 bits per heavy atom. The standard InChI is InChI=1S/C20H13BrN2O6/c1-12-2-3-13(10-18(12)23(27)28)19(24)8-5-15-6-9-20(29-15)16-7-4-14(22(25)26)11-17(16)21/h2-11H,1H3/b8-5+. The summed E-state index contributed by atoms with van der Waals surface area (Å²) < 4.78 is 6.17. The van der Waals surface area contributed by atoms with Gasteiger partial charge < -0.3 is 4.42 Å². The Kier molecular flexibility index (Phi) is 5.69. The van der Waals surface area contributed by atoms with Gasteiger partial charge in [0.1, 0.15) is 11.5 Å². The summed E-state index contributed by atoms with van der Waals surface area (Å²) in [6.45, 7) is 1.60. The Bertz CT molecular complexity index is 1170. The molecule has 0 aliphatic heterocycles. The van der Waals surface area contributed by atoms with Crippen molar-refractivity contribution in [1.82, 2.24) is 0 Å². The summed E-state index contributed by atoms with van der Waals surface area (Å²) in [4.78, 5) is 33.1. The molecular weight excluding hydrogens is 444 g/mol. The van der Waals surface area contributed by atoms with Crippen molar-refractivity contribution >= 4 is 39.2 Å². The number of furan rings is 1. The van der Waals surface area contributed by atoms with Crippen LogP contribution in [0.3, 0.4) is 0 Å². The lowest BCUT2D eigenvalue weighted by atomic mass is 10.1. The van der Waals surface area contributed by atoms with E-state index in [1.54, 1.807) is 25.1 Å². The number of benzene rings is 2. The molecule has 0 N–H and O–H groups in total. The number of rotatable bonds is 6. The molecule has 8 nitrogen and oxygen atoms in total. The van der Waals surface area contributed by atoms with Gasteiger partial charge in [0.15, 0.2) is 5.78 Å². The summed E-state index contributed by atoms with van der Waals surface area (Å²) in [5.41, 5.74) is 1.12. The van der Waals surface area contributed by atoms with Crippen molar-refractivity contribution in [2.24, 2.45) is 0 Å². The number of nitrogens with zero attached hydrogens (tertiary/aromatic N) is 2. The van der Waals surface area contributed by atoms with E-state index in [1.807, 2.05) is 0 Å². The molecule has 2 aromatic carbocycles. The maximum Gasteiger partial charge on any atom is 0.273 e. The molecule has 0 bridgehead atoms. The normalized spacial score (nSPS) is 11.0. The van der Waals surface area contributed by atoms with E-state index in [-0.39, 0.29) is 16.9 Å². The van der Waals surface area contributed by atoms with Crippen LogP contribution in [0.2, 0.25) is 0 Å². The van der Waals surface area contributed by atoms with E-state index in [1.165, 1.54) is 42.5 Å². The molecule has 0 aliphatic rings. The van der Waals surface area contributed by atoms with Crippen LogP contribution in [0.15, 0.2) is 63.5 Å². The van der Waals surface area contributed by atoms with E-state index < -0.39 is 15.6 Å². The lowest BCUT2D eigenvalue weighted by Crippen LogP contribution is -1.98. The molecule has 3 rings (SSSR count). The van der Waals surface area contributed by atoms with Gasteiger partial charge in [0, 0.05) is 39.4 Å².